The molecular formula is C21H16FN3O3S3. The van der Waals surface area contributed by atoms with Gasteiger partial charge in [-0.15, -0.1) is 0 Å². The number of carbonyl (C=O) groups is 1. The molecule has 0 radical (unpaired) electrons. The second-order valence-corrected chi connectivity index (χ2v) is 9.43. The van der Waals surface area contributed by atoms with Crippen LogP contribution in [0.15, 0.2) is 52.4 Å². The van der Waals surface area contributed by atoms with Crippen LogP contribution in [0.3, 0.4) is 0 Å². The van der Waals surface area contributed by atoms with Crippen LogP contribution < -0.4 is 5.56 Å². The molecule has 0 amide bonds. The average Bonchev–Trinajstić information content (AvgIpc) is 3.04. The molecule has 0 aliphatic rings. The van der Waals surface area contributed by atoms with E-state index in [4.69, 9.17) is 17.3 Å². The molecule has 0 aliphatic heterocycles. The summed E-state index contributed by atoms with van der Waals surface area (Å²) in [6.07, 6.45) is 0. The molecule has 0 fully saturated rings. The number of nitrogens with zero attached hydrogens (tertiary/aromatic N) is 3. The number of hydrogen-bond donors (Lipinski definition) is 1. The zero-order valence-corrected chi connectivity index (χ0v) is 18.9. The minimum absolute atomic E-state index is 0.192. The van der Waals surface area contributed by atoms with Gasteiger partial charge in [-0.2, -0.15) is 0 Å². The predicted molar refractivity (Wildman–Crippen MR) is 123 cm³/mol. The number of benzene rings is 2. The number of thiazole rings is 1. The third-order valence-electron chi connectivity index (χ3n) is 4.58. The number of aliphatic carboxylic acids is 1. The highest BCUT2D eigenvalue weighted by atomic mass is 32.2. The Kier molecular flexibility index (Phi) is 5.78. The van der Waals surface area contributed by atoms with Crippen LogP contribution in [-0.4, -0.2) is 30.9 Å². The van der Waals surface area contributed by atoms with Crippen LogP contribution in [0.1, 0.15) is 11.1 Å². The van der Waals surface area contributed by atoms with Crippen LogP contribution in [0, 0.1) is 23.6 Å². The summed E-state index contributed by atoms with van der Waals surface area (Å²) in [5.41, 5.74) is 3.26. The van der Waals surface area contributed by atoms with Gasteiger partial charge < -0.3 is 5.11 Å². The molecule has 1 N–H and O–H groups in total. The second kappa shape index (κ2) is 8.37. The van der Waals surface area contributed by atoms with Crippen molar-refractivity contribution in [3.63, 3.8) is 0 Å². The van der Waals surface area contributed by atoms with Gasteiger partial charge in [0, 0.05) is 0 Å². The first-order valence-corrected chi connectivity index (χ1v) is 11.3. The van der Waals surface area contributed by atoms with Gasteiger partial charge in [0.05, 0.1) is 17.1 Å². The summed E-state index contributed by atoms with van der Waals surface area (Å²) >= 11 is 7.62. The van der Waals surface area contributed by atoms with E-state index in [9.17, 15) is 14.0 Å². The minimum Gasteiger partial charge on any atom is -0.481 e. The van der Waals surface area contributed by atoms with E-state index >= 15 is 0 Å². The molecule has 0 atom stereocenters. The van der Waals surface area contributed by atoms with Gasteiger partial charge >= 0.3 is 5.97 Å². The molecule has 2 aromatic carbocycles. The molecule has 10 heteroatoms. The van der Waals surface area contributed by atoms with Gasteiger partial charge in [0.1, 0.15) is 10.5 Å². The zero-order valence-electron chi connectivity index (χ0n) is 16.5. The standard InChI is InChI=1S/C21H16FN3O3S3/c1-11-3-8-15(12(2)9-11)25-18-17(31-21(25)29)19(28)24(14-6-4-13(22)5-7-14)20(23-18)30-10-16(26)27/h3-9H,10H2,1-2H3,(H,26,27). The third-order valence-corrected chi connectivity index (χ3v) is 6.85. The molecule has 158 valence electrons. The normalized spacial score (nSPS) is 11.2. The minimum atomic E-state index is -1.04. The van der Waals surface area contributed by atoms with E-state index in [0.717, 1.165) is 39.9 Å². The van der Waals surface area contributed by atoms with Crippen molar-refractivity contribution in [2.24, 2.45) is 0 Å². The summed E-state index contributed by atoms with van der Waals surface area (Å²) in [4.78, 5) is 29.3. The summed E-state index contributed by atoms with van der Waals surface area (Å²) in [7, 11) is 0. The summed E-state index contributed by atoms with van der Waals surface area (Å²) in [5.74, 6) is -1.77. The Morgan fingerprint density at radius 3 is 2.55 bits per heavy atom. The monoisotopic (exact) mass is 473 g/mol. The smallest absolute Gasteiger partial charge is 0.313 e. The Morgan fingerprint density at radius 2 is 1.90 bits per heavy atom. The van der Waals surface area contributed by atoms with Gasteiger partial charge in [-0.1, -0.05) is 40.8 Å². The van der Waals surface area contributed by atoms with E-state index in [1.807, 2.05) is 32.0 Å². The predicted octanol–water partition coefficient (Wildman–Crippen LogP) is 4.90. The molecule has 0 bridgehead atoms. The largest absolute Gasteiger partial charge is 0.481 e. The Balaban J connectivity index is 2.03. The van der Waals surface area contributed by atoms with Crippen molar-refractivity contribution in [1.82, 2.24) is 14.1 Å². The molecule has 0 saturated carbocycles. The highest BCUT2D eigenvalue weighted by Crippen LogP contribution is 2.29. The summed E-state index contributed by atoms with van der Waals surface area (Å²) in [5, 5.41) is 9.34. The molecular weight excluding hydrogens is 457 g/mol. The topological polar surface area (TPSA) is 77.1 Å². The Bertz CT molecular complexity index is 1440. The molecule has 0 saturated heterocycles. The molecule has 0 unspecified atom stereocenters. The summed E-state index contributed by atoms with van der Waals surface area (Å²) in [6.45, 7) is 3.94. The number of rotatable bonds is 5. The zero-order chi connectivity index (χ0) is 22.3. The first kappa shape index (κ1) is 21.4. The van der Waals surface area contributed by atoms with E-state index in [2.05, 4.69) is 4.98 Å². The van der Waals surface area contributed by atoms with Crippen LogP contribution in [0.4, 0.5) is 4.39 Å². The van der Waals surface area contributed by atoms with E-state index < -0.39 is 11.8 Å². The molecule has 4 rings (SSSR count). The Morgan fingerprint density at radius 1 is 1.19 bits per heavy atom. The van der Waals surface area contributed by atoms with Crippen LogP contribution in [-0.2, 0) is 4.79 Å². The van der Waals surface area contributed by atoms with Gasteiger partial charge in [0.25, 0.3) is 5.56 Å². The summed E-state index contributed by atoms with van der Waals surface area (Å²) < 4.78 is 17.3. The van der Waals surface area contributed by atoms with Gasteiger partial charge in [0.2, 0.25) is 0 Å². The average molecular weight is 474 g/mol. The second-order valence-electron chi connectivity index (χ2n) is 6.84. The third kappa shape index (κ3) is 4.06. The lowest BCUT2D eigenvalue weighted by atomic mass is 10.1. The SMILES string of the molecule is Cc1ccc(-n2c(=S)sc3c(=O)n(-c4ccc(F)cc4)c(SCC(=O)O)nc32)c(C)c1. The van der Waals surface area contributed by atoms with Crippen molar-refractivity contribution < 1.29 is 14.3 Å². The van der Waals surface area contributed by atoms with Crippen molar-refractivity contribution in [2.45, 2.75) is 19.0 Å². The number of halogens is 1. The van der Waals surface area contributed by atoms with Crippen molar-refractivity contribution in [2.75, 3.05) is 5.75 Å². The fourth-order valence-corrected chi connectivity index (χ4v) is 5.26. The van der Waals surface area contributed by atoms with Crippen molar-refractivity contribution in [3.05, 3.63) is 73.7 Å². The van der Waals surface area contributed by atoms with Gasteiger partial charge in [0.15, 0.2) is 14.8 Å². The van der Waals surface area contributed by atoms with Crippen molar-refractivity contribution in [1.29, 1.82) is 0 Å². The fraction of sp³-hybridized carbons (Fsp3) is 0.143. The van der Waals surface area contributed by atoms with Crippen molar-refractivity contribution >= 4 is 51.6 Å². The first-order valence-electron chi connectivity index (χ1n) is 9.13. The number of thioether (sulfide) groups is 1. The van der Waals surface area contributed by atoms with E-state index in [-0.39, 0.29) is 16.5 Å². The molecule has 31 heavy (non-hydrogen) atoms. The van der Waals surface area contributed by atoms with Gasteiger partial charge in [-0.3, -0.25) is 18.7 Å². The lowest BCUT2D eigenvalue weighted by Crippen LogP contribution is -2.22. The lowest BCUT2D eigenvalue weighted by Gasteiger charge is -2.13. The number of fused-ring (bicyclic) bond motifs is 1. The summed E-state index contributed by atoms with van der Waals surface area (Å²) in [6, 6.07) is 11.3. The number of aryl methyl sites for hydroxylation is 2. The maximum Gasteiger partial charge on any atom is 0.313 e. The van der Waals surface area contributed by atoms with Gasteiger partial charge in [-0.05, 0) is 62.0 Å². The molecule has 4 aromatic rings. The number of aromatic nitrogens is 3. The molecule has 0 aliphatic carbocycles. The quantitative estimate of drug-likeness (QED) is 0.252. The highest BCUT2D eigenvalue weighted by molar-refractivity contribution is 7.99. The number of hydrogen-bond acceptors (Lipinski definition) is 6. The van der Waals surface area contributed by atoms with Gasteiger partial charge in [-0.25, -0.2) is 9.37 Å². The number of carboxylic acid groups (broad SMARTS) is 1. The maximum atomic E-state index is 13.4. The lowest BCUT2D eigenvalue weighted by molar-refractivity contribution is -0.133. The van der Waals surface area contributed by atoms with E-state index in [1.165, 1.54) is 28.8 Å². The fourth-order valence-electron chi connectivity index (χ4n) is 3.25. The van der Waals surface area contributed by atoms with Crippen LogP contribution in [0.25, 0.3) is 21.7 Å². The first-order chi connectivity index (χ1) is 14.8. The van der Waals surface area contributed by atoms with E-state index in [0.29, 0.717) is 20.0 Å². The highest BCUT2D eigenvalue weighted by Gasteiger charge is 2.20. The van der Waals surface area contributed by atoms with E-state index in [1.54, 1.807) is 4.57 Å². The molecule has 6 nitrogen and oxygen atoms in total. The Hall–Kier alpha value is -2.82. The molecule has 2 heterocycles. The molecule has 2 aromatic heterocycles. The van der Waals surface area contributed by atoms with Crippen LogP contribution >= 0.6 is 35.3 Å². The maximum absolute atomic E-state index is 13.4. The van der Waals surface area contributed by atoms with Crippen LogP contribution in [0.5, 0.6) is 0 Å². The number of carboxylic acids is 1. The Labute approximate surface area is 189 Å². The molecule has 0 spiro atoms. The van der Waals surface area contributed by atoms with Crippen LogP contribution in [0.2, 0.25) is 0 Å². The van der Waals surface area contributed by atoms with Crippen molar-refractivity contribution in [3.8, 4) is 11.4 Å².